The molecule has 0 aromatic heterocycles. The van der Waals surface area contributed by atoms with Gasteiger partial charge in [0.15, 0.2) is 5.17 Å². The maximum atomic E-state index is 12.6. The number of thioether (sulfide) groups is 1. The summed E-state index contributed by atoms with van der Waals surface area (Å²) in [7, 11) is 0. The number of nitrogens with one attached hydrogen (secondary N) is 1. The molecule has 0 radical (unpaired) electrons. The quantitative estimate of drug-likeness (QED) is 0.837. The van der Waals surface area contributed by atoms with Crippen LogP contribution in [0, 0.1) is 6.92 Å². The number of amides is 1. The number of aryl methyl sites for hydroxylation is 2. The average Bonchev–Trinajstić information content (AvgIpc) is 2.61. The van der Waals surface area contributed by atoms with Crippen molar-refractivity contribution in [1.29, 1.82) is 0 Å². The second kappa shape index (κ2) is 7.54. The van der Waals surface area contributed by atoms with Gasteiger partial charge in [0.1, 0.15) is 0 Å². The molecule has 136 valence electrons. The minimum Gasteiger partial charge on any atom is -0.379 e. The SMILES string of the molecule is CCc1cc(NC(=O)c2ccc(C)cc2)cc(C2(C)CCSC(N)=N2)c1. The van der Waals surface area contributed by atoms with Gasteiger partial charge in [0.05, 0.1) is 5.54 Å². The molecule has 0 bridgehead atoms. The number of nitrogens with two attached hydrogens (primary N) is 1. The molecule has 26 heavy (non-hydrogen) atoms. The van der Waals surface area contributed by atoms with Crippen molar-refractivity contribution in [3.05, 3.63) is 64.7 Å². The van der Waals surface area contributed by atoms with E-state index in [0.717, 1.165) is 35.4 Å². The number of anilines is 1. The highest BCUT2D eigenvalue weighted by Gasteiger charge is 2.30. The number of carbonyl (C=O) groups is 1. The molecule has 0 aliphatic carbocycles. The van der Waals surface area contributed by atoms with Crippen LogP contribution in [0.4, 0.5) is 5.69 Å². The highest BCUT2D eigenvalue weighted by atomic mass is 32.2. The molecule has 1 atom stereocenters. The van der Waals surface area contributed by atoms with E-state index in [1.807, 2.05) is 43.3 Å². The summed E-state index contributed by atoms with van der Waals surface area (Å²) in [6.45, 7) is 6.23. The predicted molar refractivity (Wildman–Crippen MR) is 111 cm³/mol. The number of benzene rings is 2. The van der Waals surface area contributed by atoms with E-state index in [4.69, 9.17) is 10.7 Å². The predicted octanol–water partition coefficient (Wildman–Crippen LogP) is 4.48. The molecule has 3 rings (SSSR count). The maximum absolute atomic E-state index is 12.6. The standard InChI is InChI=1S/C21H25N3OS/c1-4-15-11-17(21(3)9-10-26-20(22)24-21)13-18(12-15)23-19(25)16-7-5-14(2)6-8-16/h5-8,11-13H,4,9-10H2,1-3H3,(H2,22,24)(H,23,25). The van der Waals surface area contributed by atoms with Crippen molar-refractivity contribution in [1.82, 2.24) is 0 Å². The van der Waals surface area contributed by atoms with Gasteiger partial charge in [0, 0.05) is 17.0 Å². The van der Waals surface area contributed by atoms with E-state index < -0.39 is 0 Å². The zero-order valence-electron chi connectivity index (χ0n) is 15.5. The van der Waals surface area contributed by atoms with Crippen molar-refractivity contribution >= 4 is 28.5 Å². The zero-order valence-corrected chi connectivity index (χ0v) is 16.3. The fourth-order valence-electron chi connectivity index (χ4n) is 3.08. The summed E-state index contributed by atoms with van der Waals surface area (Å²) in [5.41, 5.74) is 10.5. The Morgan fingerprint density at radius 1 is 1.27 bits per heavy atom. The van der Waals surface area contributed by atoms with Crippen LogP contribution in [0.3, 0.4) is 0 Å². The number of nitrogens with zero attached hydrogens (tertiary/aromatic N) is 1. The number of aliphatic imine (C=N–C) groups is 1. The van der Waals surface area contributed by atoms with Crippen LogP contribution in [-0.2, 0) is 12.0 Å². The first-order valence-electron chi connectivity index (χ1n) is 8.90. The monoisotopic (exact) mass is 367 g/mol. The van der Waals surface area contributed by atoms with Crippen LogP contribution >= 0.6 is 11.8 Å². The summed E-state index contributed by atoms with van der Waals surface area (Å²) in [5.74, 6) is 0.851. The number of carbonyl (C=O) groups excluding carboxylic acids is 1. The Morgan fingerprint density at radius 3 is 2.65 bits per heavy atom. The Labute approximate surface area is 159 Å². The molecule has 0 fully saturated rings. The van der Waals surface area contributed by atoms with Gasteiger partial charge in [-0.2, -0.15) is 0 Å². The Kier molecular flexibility index (Phi) is 5.37. The number of amidine groups is 1. The Hall–Kier alpha value is -2.27. The first kappa shape index (κ1) is 18.5. The maximum Gasteiger partial charge on any atom is 0.255 e. The first-order chi connectivity index (χ1) is 12.4. The van der Waals surface area contributed by atoms with Crippen molar-refractivity contribution in [2.75, 3.05) is 11.1 Å². The van der Waals surface area contributed by atoms with Gasteiger partial charge in [-0.1, -0.05) is 42.4 Å². The molecular weight excluding hydrogens is 342 g/mol. The normalized spacial score (nSPS) is 19.7. The van der Waals surface area contributed by atoms with Gasteiger partial charge in [-0.3, -0.25) is 9.79 Å². The molecule has 0 spiro atoms. The molecule has 1 aliphatic heterocycles. The molecule has 0 saturated heterocycles. The van der Waals surface area contributed by atoms with Crippen LogP contribution < -0.4 is 11.1 Å². The molecule has 1 heterocycles. The van der Waals surface area contributed by atoms with Gasteiger partial charge < -0.3 is 11.1 Å². The Bertz CT molecular complexity index is 845. The molecule has 1 amide bonds. The number of hydrogen-bond donors (Lipinski definition) is 2. The molecule has 5 heteroatoms. The van der Waals surface area contributed by atoms with Crippen molar-refractivity contribution < 1.29 is 4.79 Å². The summed E-state index contributed by atoms with van der Waals surface area (Å²) in [4.78, 5) is 17.3. The van der Waals surface area contributed by atoms with Crippen molar-refractivity contribution in [3.8, 4) is 0 Å². The van der Waals surface area contributed by atoms with Crippen molar-refractivity contribution in [3.63, 3.8) is 0 Å². The third-order valence-electron chi connectivity index (χ3n) is 4.79. The molecule has 3 N–H and O–H groups in total. The summed E-state index contributed by atoms with van der Waals surface area (Å²) < 4.78 is 0. The summed E-state index contributed by atoms with van der Waals surface area (Å²) >= 11 is 1.60. The van der Waals surface area contributed by atoms with Gasteiger partial charge in [-0.05, 0) is 62.1 Å². The van der Waals surface area contributed by atoms with Crippen LogP contribution in [0.1, 0.15) is 47.3 Å². The van der Waals surface area contributed by atoms with Crippen LogP contribution in [0.5, 0.6) is 0 Å². The lowest BCUT2D eigenvalue weighted by Crippen LogP contribution is -2.29. The minimum absolute atomic E-state index is 0.100. The third kappa shape index (κ3) is 4.10. The number of hydrogen-bond acceptors (Lipinski definition) is 4. The average molecular weight is 368 g/mol. The topological polar surface area (TPSA) is 67.5 Å². The number of rotatable bonds is 4. The molecule has 2 aromatic carbocycles. The fraction of sp³-hybridized carbons (Fsp3) is 0.333. The Balaban J connectivity index is 1.91. The molecular formula is C21H25N3OS. The molecule has 1 aliphatic rings. The molecule has 1 unspecified atom stereocenters. The van der Waals surface area contributed by atoms with E-state index in [1.165, 1.54) is 5.56 Å². The molecule has 4 nitrogen and oxygen atoms in total. The lowest BCUT2D eigenvalue weighted by molar-refractivity contribution is 0.102. The van der Waals surface area contributed by atoms with E-state index in [0.29, 0.717) is 10.7 Å². The fourth-order valence-corrected chi connectivity index (χ4v) is 4.06. The summed E-state index contributed by atoms with van der Waals surface area (Å²) in [6, 6.07) is 13.8. The largest absolute Gasteiger partial charge is 0.379 e. The Morgan fingerprint density at radius 2 is 2.00 bits per heavy atom. The van der Waals surface area contributed by atoms with Crippen molar-refractivity contribution in [2.45, 2.75) is 39.2 Å². The summed E-state index contributed by atoms with van der Waals surface area (Å²) in [6.07, 6.45) is 1.82. The second-order valence-corrected chi connectivity index (χ2v) is 8.03. The van der Waals surface area contributed by atoms with E-state index in [9.17, 15) is 4.79 Å². The smallest absolute Gasteiger partial charge is 0.255 e. The van der Waals surface area contributed by atoms with Gasteiger partial charge in [0.2, 0.25) is 0 Å². The molecule has 2 aromatic rings. The van der Waals surface area contributed by atoms with Crippen LogP contribution in [0.2, 0.25) is 0 Å². The van der Waals surface area contributed by atoms with Crippen molar-refractivity contribution in [2.24, 2.45) is 10.7 Å². The summed E-state index contributed by atoms with van der Waals surface area (Å²) in [5, 5.41) is 3.67. The lowest BCUT2D eigenvalue weighted by atomic mass is 9.88. The lowest BCUT2D eigenvalue weighted by Gasteiger charge is -2.30. The zero-order chi connectivity index (χ0) is 18.7. The highest BCUT2D eigenvalue weighted by molar-refractivity contribution is 8.13. The van der Waals surface area contributed by atoms with Crippen LogP contribution in [0.25, 0.3) is 0 Å². The van der Waals surface area contributed by atoms with Crippen LogP contribution in [-0.4, -0.2) is 16.8 Å². The van der Waals surface area contributed by atoms with E-state index >= 15 is 0 Å². The van der Waals surface area contributed by atoms with Gasteiger partial charge in [-0.25, -0.2) is 0 Å². The minimum atomic E-state index is -0.343. The highest BCUT2D eigenvalue weighted by Crippen LogP contribution is 2.36. The molecule has 0 saturated carbocycles. The second-order valence-electron chi connectivity index (χ2n) is 6.91. The van der Waals surface area contributed by atoms with E-state index in [2.05, 4.69) is 25.2 Å². The van der Waals surface area contributed by atoms with Crippen LogP contribution in [0.15, 0.2) is 47.5 Å². The van der Waals surface area contributed by atoms with Gasteiger partial charge in [-0.15, -0.1) is 0 Å². The van der Waals surface area contributed by atoms with Gasteiger partial charge in [0.25, 0.3) is 5.91 Å². The third-order valence-corrected chi connectivity index (χ3v) is 5.59. The first-order valence-corrected chi connectivity index (χ1v) is 9.89. The van der Waals surface area contributed by atoms with E-state index in [1.54, 1.807) is 11.8 Å². The van der Waals surface area contributed by atoms with Gasteiger partial charge >= 0.3 is 0 Å². The van der Waals surface area contributed by atoms with E-state index in [-0.39, 0.29) is 11.4 Å².